The van der Waals surface area contributed by atoms with Crippen molar-refractivity contribution in [1.29, 1.82) is 0 Å². The number of rotatable bonds is 6. The van der Waals surface area contributed by atoms with Crippen LogP contribution in [0.2, 0.25) is 0 Å². The monoisotopic (exact) mass is 448 g/mol. The van der Waals surface area contributed by atoms with Crippen LogP contribution in [0.25, 0.3) is 0 Å². The van der Waals surface area contributed by atoms with Gasteiger partial charge in [-0.3, -0.25) is 4.79 Å². The van der Waals surface area contributed by atoms with E-state index in [0.717, 1.165) is 5.56 Å². The van der Waals surface area contributed by atoms with Crippen molar-refractivity contribution >= 4 is 5.97 Å². The second-order valence-corrected chi connectivity index (χ2v) is 7.81. The van der Waals surface area contributed by atoms with E-state index in [4.69, 9.17) is 15.2 Å². The van der Waals surface area contributed by atoms with E-state index >= 15 is 0 Å². The fourth-order valence-corrected chi connectivity index (χ4v) is 4.18. The number of esters is 1. The Kier molecular flexibility index (Phi) is 6.31. The van der Waals surface area contributed by atoms with Gasteiger partial charge in [0.25, 0.3) is 5.56 Å². The highest BCUT2D eigenvalue weighted by Gasteiger charge is 2.39. The molecule has 2 heterocycles. The first kappa shape index (κ1) is 22.3. The fraction of sp³-hybridized carbons (Fsp3) is 0.231. The molecule has 0 fully saturated rings. The number of carbonyl (C=O) groups excluding carboxylic acids is 1. The zero-order chi connectivity index (χ0) is 23.5. The lowest BCUT2D eigenvalue weighted by atomic mass is 9.83. The molecule has 1 aliphatic heterocycles. The van der Waals surface area contributed by atoms with Gasteiger partial charge in [0.15, 0.2) is 0 Å². The van der Waals surface area contributed by atoms with Gasteiger partial charge in [-0.2, -0.15) is 0 Å². The van der Waals surface area contributed by atoms with E-state index in [9.17, 15) is 14.0 Å². The molecule has 0 bridgehead atoms. The summed E-state index contributed by atoms with van der Waals surface area (Å²) in [5.74, 6) is -2.34. The molecule has 0 radical (unpaired) electrons. The summed E-state index contributed by atoms with van der Waals surface area (Å²) >= 11 is 0. The van der Waals surface area contributed by atoms with Gasteiger partial charge < -0.3 is 19.8 Å². The van der Waals surface area contributed by atoms with Crippen molar-refractivity contribution in [3.8, 4) is 5.75 Å². The Bertz CT molecular complexity index is 1280. The van der Waals surface area contributed by atoms with Crippen LogP contribution in [0.3, 0.4) is 0 Å². The van der Waals surface area contributed by atoms with Crippen molar-refractivity contribution in [2.24, 2.45) is 5.73 Å². The molecule has 2 aromatic carbocycles. The highest BCUT2D eigenvalue weighted by atomic mass is 19.1. The molecule has 2 N–H and O–H groups in total. The van der Waals surface area contributed by atoms with Crippen molar-refractivity contribution in [1.82, 2.24) is 4.57 Å². The number of pyridine rings is 1. The van der Waals surface area contributed by atoms with E-state index < -0.39 is 17.7 Å². The van der Waals surface area contributed by atoms with Crippen LogP contribution < -0.4 is 16.0 Å². The molecule has 1 aromatic heterocycles. The first-order chi connectivity index (χ1) is 15.9. The van der Waals surface area contributed by atoms with E-state index in [1.807, 2.05) is 30.3 Å². The summed E-state index contributed by atoms with van der Waals surface area (Å²) in [6, 6.07) is 17.5. The predicted octanol–water partition coefficient (Wildman–Crippen LogP) is 3.80. The SMILES string of the molecule is CCOC(=O)C1=C(N)Oc2cc(C)n(CCc3ccccc3)c(=O)c2[C@H]1c1ccccc1F. The van der Waals surface area contributed by atoms with E-state index in [1.54, 1.807) is 36.6 Å². The lowest BCUT2D eigenvalue weighted by molar-refractivity contribution is -0.139. The highest BCUT2D eigenvalue weighted by Crippen LogP contribution is 2.42. The molecule has 33 heavy (non-hydrogen) atoms. The third kappa shape index (κ3) is 4.26. The summed E-state index contributed by atoms with van der Waals surface area (Å²) in [6.07, 6.45) is 0.633. The average Bonchev–Trinajstić information content (AvgIpc) is 2.79. The molecule has 0 amide bonds. The van der Waals surface area contributed by atoms with Crippen LogP contribution in [0.15, 0.2) is 76.9 Å². The average molecular weight is 448 g/mol. The first-order valence-corrected chi connectivity index (χ1v) is 10.8. The number of hydrogen-bond donors (Lipinski definition) is 1. The topological polar surface area (TPSA) is 83.5 Å². The van der Waals surface area contributed by atoms with Crippen molar-refractivity contribution in [2.45, 2.75) is 32.7 Å². The minimum atomic E-state index is -1.05. The third-order valence-electron chi connectivity index (χ3n) is 5.75. The molecule has 0 spiro atoms. The van der Waals surface area contributed by atoms with Crippen LogP contribution in [-0.4, -0.2) is 17.1 Å². The maximum absolute atomic E-state index is 14.9. The third-order valence-corrected chi connectivity index (χ3v) is 5.75. The Morgan fingerprint density at radius 2 is 1.85 bits per heavy atom. The highest BCUT2D eigenvalue weighted by molar-refractivity contribution is 5.92. The van der Waals surface area contributed by atoms with Crippen LogP contribution in [0.5, 0.6) is 5.75 Å². The molecular weight excluding hydrogens is 423 g/mol. The van der Waals surface area contributed by atoms with Gasteiger partial charge in [-0.1, -0.05) is 48.5 Å². The summed E-state index contributed by atoms with van der Waals surface area (Å²) in [6.45, 7) is 3.97. The minimum absolute atomic E-state index is 0.0787. The van der Waals surface area contributed by atoms with Gasteiger partial charge in [-0.25, -0.2) is 9.18 Å². The molecule has 0 aliphatic carbocycles. The summed E-state index contributed by atoms with van der Waals surface area (Å²) < 4.78 is 27.4. The lowest BCUT2D eigenvalue weighted by Gasteiger charge is -2.29. The van der Waals surface area contributed by atoms with E-state index in [1.165, 1.54) is 12.1 Å². The van der Waals surface area contributed by atoms with E-state index in [2.05, 4.69) is 0 Å². The van der Waals surface area contributed by atoms with Crippen LogP contribution in [0.1, 0.15) is 35.2 Å². The fourth-order valence-electron chi connectivity index (χ4n) is 4.18. The predicted molar refractivity (Wildman–Crippen MR) is 122 cm³/mol. The number of halogens is 1. The molecule has 170 valence electrons. The quantitative estimate of drug-likeness (QED) is 0.580. The molecule has 0 unspecified atom stereocenters. The normalized spacial score (nSPS) is 15.1. The van der Waals surface area contributed by atoms with Crippen molar-refractivity contribution in [3.05, 3.63) is 111 Å². The van der Waals surface area contributed by atoms with Crippen LogP contribution in [-0.2, 0) is 22.5 Å². The summed E-state index contributed by atoms with van der Waals surface area (Å²) in [4.78, 5) is 26.5. The maximum Gasteiger partial charge on any atom is 0.340 e. The van der Waals surface area contributed by atoms with Gasteiger partial charge in [0, 0.05) is 23.9 Å². The number of benzene rings is 2. The van der Waals surface area contributed by atoms with Crippen LogP contribution in [0.4, 0.5) is 4.39 Å². The Hall–Kier alpha value is -3.87. The van der Waals surface area contributed by atoms with Crippen molar-refractivity contribution in [2.75, 3.05) is 6.61 Å². The van der Waals surface area contributed by atoms with Gasteiger partial charge in [0.05, 0.1) is 18.1 Å². The standard InChI is InChI=1S/C26H25FN2O4/c1-3-32-26(31)23-21(18-11-7-8-12-19(18)27)22-20(33-24(23)28)15-16(2)29(25(22)30)14-13-17-9-5-4-6-10-17/h4-12,15,21H,3,13-14,28H2,1-2H3/t21-/m1/s1. The van der Waals surface area contributed by atoms with Gasteiger partial charge in [0.1, 0.15) is 17.1 Å². The molecule has 3 aromatic rings. The van der Waals surface area contributed by atoms with Gasteiger partial charge >= 0.3 is 5.97 Å². The zero-order valence-corrected chi connectivity index (χ0v) is 18.5. The van der Waals surface area contributed by atoms with Gasteiger partial charge in [-0.05, 0) is 31.9 Å². The Balaban J connectivity index is 1.87. The lowest BCUT2D eigenvalue weighted by Crippen LogP contribution is -2.35. The molecule has 4 rings (SSSR count). The zero-order valence-electron chi connectivity index (χ0n) is 18.5. The minimum Gasteiger partial charge on any atom is -0.462 e. The molecular formula is C26H25FN2O4. The van der Waals surface area contributed by atoms with Gasteiger partial charge in [-0.15, -0.1) is 0 Å². The summed E-state index contributed by atoms with van der Waals surface area (Å²) in [5.41, 5.74) is 7.74. The number of aryl methyl sites for hydroxylation is 2. The molecule has 6 nitrogen and oxygen atoms in total. The van der Waals surface area contributed by atoms with Crippen molar-refractivity contribution < 1.29 is 18.7 Å². The Labute approximate surface area is 191 Å². The van der Waals surface area contributed by atoms with Crippen molar-refractivity contribution in [3.63, 3.8) is 0 Å². The molecule has 1 aliphatic rings. The molecule has 0 saturated carbocycles. The number of fused-ring (bicyclic) bond motifs is 1. The summed E-state index contributed by atoms with van der Waals surface area (Å²) in [5, 5.41) is 0. The number of carbonyl (C=O) groups is 1. The Morgan fingerprint density at radius 1 is 1.15 bits per heavy atom. The van der Waals surface area contributed by atoms with Gasteiger partial charge in [0.2, 0.25) is 5.88 Å². The molecule has 0 saturated heterocycles. The number of nitrogens with zero attached hydrogens (tertiary/aromatic N) is 1. The number of nitrogens with two attached hydrogens (primary N) is 1. The Morgan fingerprint density at radius 3 is 2.55 bits per heavy atom. The molecule has 1 atom stereocenters. The molecule has 7 heteroatoms. The van der Waals surface area contributed by atoms with Crippen LogP contribution in [0, 0.1) is 12.7 Å². The second kappa shape index (κ2) is 9.32. The number of hydrogen-bond acceptors (Lipinski definition) is 5. The largest absolute Gasteiger partial charge is 0.462 e. The maximum atomic E-state index is 14.9. The van der Waals surface area contributed by atoms with Crippen LogP contribution >= 0.6 is 0 Å². The number of ether oxygens (including phenoxy) is 2. The first-order valence-electron chi connectivity index (χ1n) is 10.8. The smallest absolute Gasteiger partial charge is 0.340 e. The summed E-state index contributed by atoms with van der Waals surface area (Å²) in [7, 11) is 0. The number of aromatic nitrogens is 1. The second-order valence-electron chi connectivity index (χ2n) is 7.81. The van der Waals surface area contributed by atoms with E-state index in [-0.39, 0.29) is 40.5 Å². The van der Waals surface area contributed by atoms with E-state index in [0.29, 0.717) is 18.7 Å².